The van der Waals surface area contributed by atoms with Gasteiger partial charge >= 0.3 is 0 Å². The Morgan fingerprint density at radius 1 is 0.923 bits per heavy atom. The van der Waals surface area contributed by atoms with Crippen molar-refractivity contribution >= 4 is 39.1 Å². The third-order valence-corrected chi connectivity index (χ3v) is 7.85. The van der Waals surface area contributed by atoms with Crippen molar-refractivity contribution in [2.75, 3.05) is 17.1 Å². The van der Waals surface area contributed by atoms with Crippen LogP contribution in [-0.2, 0) is 32.6 Å². The van der Waals surface area contributed by atoms with Gasteiger partial charge in [-0.25, -0.2) is 8.42 Å². The molecule has 0 unspecified atom stereocenters. The predicted molar refractivity (Wildman–Crippen MR) is 157 cm³/mol. The fraction of sp³-hybridized carbons (Fsp3) is 0.333. The number of sulfonamides is 1. The van der Waals surface area contributed by atoms with Crippen molar-refractivity contribution in [3.8, 4) is 0 Å². The summed E-state index contributed by atoms with van der Waals surface area (Å²) in [6, 6.07) is 21.0. The molecule has 7 nitrogen and oxygen atoms in total. The second-order valence-corrected chi connectivity index (χ2v) is 12.4. The molecule has 0 aliphatic carbocycles. The first-order valence-electron chi connectivity index (χ1n) is 12.8. The fourth-order valence-corrected chi connectivity index (χ4v) is 5.19. The zero-order valence-electron chi connectivity index (χ0n) is 23.0. The number of nitrogens with zero attached hydrogens (tertiary/aromatic N) is 2. The Kier molecular flexibility index (Phi) is 10.2. The van der Waals surface area contributed by atoms with Crippen LogP contribution in [0.15, 0.2) is 72.8 Å². The average molecular weight is 570 g/mol. The highest BCUT2D eigenvalue weighted by atomic mass is 35.5. The largest absolute Gasteiger partial charge is 0.352 e. The molecule has 3 aromatic rings. The van der Waals surface area contributed by atoms with Gasteiger partial charge in [-0.15, -0.1) is 0 Å². The normalized spacial score (nSPS) is 12.2. The third kappa shape index (κ3) is 8.57. The van der Waals surface area contributed by atoms with Gasteiger partial charge < -0.3 is 10.2 Å². The monoisotopic (exact) mass is 569 g/mol. The standard InChI is InChI=1S/C30H36ClN3O4S/c1-21(2)32-30(36)28(17-24-9-7-6-8-10-24)33(19-25-14-11-22(3)12-15-25)29(35)20-34(39(5,37)38)26-16-13-23(4)27(31)18-26/h6-16,18,21,28H,17,19-20H2,1-5H3,(H,32,36)/t28-/m1/s1. The lowest BCUT2D eigenvalue weighted by molar-refractivity contribution is -0.140. The number of halogens is 1. The van der Waals surface area contributed by atoms with Crippen molar-refractivity contribution in [1.82, 2.24) is 10.2 Å². The van der Waals surface area contributed by atoms with Crippen LogP contribution in [0.2, 0.25) is 5.02 Å². The molecule has 0 heterocycles. The molecule has 0 spiro atoms. The molecule has 0 aliphatic rings. The lowest BCUT2D eigenvalue weighted by Gasteiger charge is -2.34. The maximum atomic E-state index is 14.0. The van der Waals surface area contributed by atoms with Crippen LogP contribution in [0.5, 0.6) is 0 Å². The number of nitrogens with one attached hydrogen (secondary N) is 1. The van der Waals surface area contributed by atoms with Gasteiger partial charge in [0.05, 0.1) is 11.9 Å². The van der Waals surface area contributed by atoms with E-state index < -0.39 is 28.5 Å². The lowest BCUT2D eigenvalue weighted by Crippen LogP contribution is -2.54. The van der Waals surface area contributed by atoms with E-state index in [0.717, 1.165) is 32.8 Å². The number of rotatable bonds is 11. The third-order valence-electron chi connectivity index (χ3n) is 6.30. The maximum Gasteiger partial charge on any atom is 0.244 e. The average Bonchev–Trinajstić information content (AvgIpc) is 2.87. The van der Waals surface area contributed by atoms with Crippen molar-refractivity contribution in [1.29, 1.82) is 0 Å². The number of hydrogen-bond donors (Lipinski definition) is 1. The van der Waals surface area contributed by atoms with Crippen LogP contribution in [0.1, 0.15) is 36.1 Å². The van der Waals surface area contributed by atoms with Crippen LogP contribution in [0, 0.1) is 13.8 Å². The minimum atomic E-state index is -3.85. The predicted octanol–water partition coefficient (Wildman–Crippen LogP) is 4.89. The van der Waals surface area contributed by atoms with E-state index in [9.17, 15) is 18.0 Å². The lowest BCUT2D eigenvalue weighted by atomic mass is 10.0. The minimum absolute atomic E-state index is 0.133. The zero-order chi connectivity index (χ0) is 28.7. The van der Waals surface area contributed by atoms with Gasteiger partial charge in [0.15, 0.2) is 0 Å². The molecule has 1 atom stereocenters. The van der Waals surface area contributed by atoms with Gasteiger partial charge in [-0.2, -0.15) is 0 Å². The van der Waals surface area contributed by atoms with Crippen molar-refractivity contribution in [3.05, 3.63) is 100 Å². The molecule has 0 saturated carbocycles. The second kappa shape index (κ2) is 13.1. The Balaban J connectivity index is 2.06. The Labute approximate surface area is 236 Å². The van der Waals surface area contributed by atoms with Gasteiger partial charge in [0.2, 0.25) is 21.8 Å². The molecular weight excluding hydrogens is 534 g/mol. The van der Waals surface area contributed by atoms with E-state index in [1.807, 2.05) is 82.3 Å². The smallest absolute Gasteiger partial charge is 0.244 e. The Bertz CT molecular complexity index is 1390. The van der Waals surface area contributed by atoms with Gasteiger partial charge in [-0.05, 0) is 56.5 Å². The molecule has 2 amide bonds. The van der Waals surface area contributed by atoms with Crippen molar-refractivity contribution in [3.63, 3.8) is 0 Å². The van der Waals surface area contributed by atoms with Crippen molar-refractivity contribution in [2.45, 2.75) is 52.7 Å². The summed E-state index contributed by atoms with van der Waals surface area (Å²) in [4.78, 5) is 29.0. The van der Waals surface area contributed by atoms with Crippen LogP contribution in [-0.4, -0.2) is 50.0 Å². The molecule has 1 N–H and O–H groups in total. The van der Waals surface area contributed by atoms with Crippen LogP contribution in [0.4, 0.5) is 5.69 Å². The number of hydrogen-bond acceptors (Lipinski definition) is 4. The molecule has 0 aliphatic heterocycles. The van der Waals surface area contributed by atoms with Gasteiger partial charge in [0.25, 0.3) is 0 Å². The van der Waals surface area contributed by atoms with Crippen LogP contribution in [0.25, 0.3) is 0 Å². The summed E-state index contributed by atoms with van der Waals surface area (Å²) in [6.45, 7) is 7.15. The SMILES string of the molecule is Cc1ccc(CN(C(=O)CN(c2ccc(C)c(Cl)c2)S(C)(=O)=O)[C@H](Cc2ccccc2)C(=O)NC(C)C)cc1. The van der Waals surface area contributed by atoms with E-state index in [4.69, 9.17) is 11.6 Å². The topological polar surface area (TPSA) is 86.8 Å². The first-order valence-corrected chi connectivity index (χ1v) is 15.0. The van der Waals surface area contributed by atoms with Gasteiger partial charge in [-0.1, -0.05) is 77.8 Å². The van der Waals surface area contributed by atoms with E-state index >= 15 is 0 Å². The Hall–Kier alpha value is -3.36. The Morgan fingerprint density at radius 3 is 2.13 bits per heavy atom. The maximum absolute atomic E-state index is 14.0. The fourth-order valence-electron chi connectivity index (χ4n) is 4.18. The summed E-state index contributed by atoms with van der Waals surface area (Å²) >= 11 is 6.29. The summed E-state index contributed by atoms with van der Waals surface area (Å²) in [5, 5.41) is 3.33. The van der Waals surface area contributed by atoms with E-state index in [2.05, 4.69) is 5.32 Å². The molecule has 0 bridgehead atoms. The van der Waals surface area contributed by atoms with Crippen molar-refractivity contribution < 1.29 is 18.0 Å². The van der Waals surface area contributed by atoms with Crippen LogP contribution in [0.3, 0.4) is 0 Å². The molecule has 208 valence electrons. The highest BCUT2D eigenvalue weighted by Crippen LogP contribution is 2.26. The number of carbonyl (C=O) groups is 2. The number of benzene rings is 3. The molecule has 0 fully saturated rings. The summed E-state index contributed by atoms with van der Waals surface area (Å²) in [5.74, 6) is -0.809. The molecule has 0 aromatic heterocycles. The number of amides is 2. The second-order valence-electron chi connectivity index (χ2n) is 10.1. The first kappa shape index (κ1) is 30.2. The van der Waals surface area contributed by atoms with Crippen molar-refractivity contribution in [2.24, 2.45) is 0 Å². The summed E-state index contributed by atoms with van der Waals surface area (Å²) in [7, 11) is -3.85. The van der Waals surface area contributed by atoms with E-state index in [0.29, 0.717) is 5.02 Å². The van der Waals surface area contributed by atoms with E-state index in [1.54, 1.807) is 12.1 Å². The first-order chi connectivity index (χ1) is 18.3. The quantitative estimate of drug-likeness (QED) is 0.356. The number of carbonyl (C=O) groups excluding carboxylic acids is 2. The van der Waals surface area contributed by atoms with E-state index in [1.165, 1.54) is 11.0 Å². The van der Waals surface area contributed by atoms with Gasteiger partial charge in [-0.3, -0.25) is 13.9 Å². The summed E-state index contributed by atoms with van der Waals surface area (Å²) in [6.07, 6.45) is 1.32. The molecule has 0 radical (unpaired) electrons. The number of anilines is 1. The summed E-state index contributed by atoms with van der Waals surface area (Å²) in [5.41, 5.74) is 3.84. The highest BCUT2D eigenvalue weighted by molar-refractivity contribution is 7.92. The molecule has 0 saturated heterocycles. The van der Waals surface area contributed by atoms with Gasteiger partial charge in [0.1, 0.15) is 12.6 Å². The molecule has 3 aromatic carbocycles. The zero-order valence-corrected chi connectivity index (χ0v) is 24.6. The number of aryl methyl sites for hydroxylation is 2. The Morgan fingerprint density at radius 2 is 1.56 bits per heavy atom. The highest BCUT2D eigenvalue weighted by Gasteiger charge is 2.33. The summed E-state index contributed by atoms with van der Waals surface area (Å²) < 4.78 is 26.7. The van der Waals surface area contributed by atoms with E-state index in [-0.39, 0.29) is 30.6 Å². The van der Waals surface area contributed by atoms with Crippen LogP contribution < -0.4 is 9.62 Å². The molecular formula is C30H36ClN3O4S. The molecule has 3 rings (SSSR count). The van der Waals surface area contributed by atoms with Gasteiger partial charge in [0, 0.05) is 24.0 Å². The minimum Gasteiger partial charge on any atom is -0.352 e. The molecule has 39 heavy (non-hydrogen) atoms. The van der Waals surface area contributed by atoms with Crippen LogP contribution >= 0.6 is 11.6 Å². The molecule has 9 heteroatoms.